The van der Waals surface area contributed by atoms with Crippen molar-refractivity contribution in [2.24, 2.45) is 0 Å². The molecule has 2 heteroatoms. The van der Waals surface area contributed by atoms with E-state index in [2.05, 4.69) is 75.8 Å². The Morgan fingerprint density at radius 2 is 1.48 bits per heavy atom. The van der Waals surface area contributed by atoms with Gasteiger partial charge >= 0.3 is 0 Å². The fourth-order valence-corrected chi connectivity index (χ4v) is 3.98. The molecule has 0 bridgehead atoms. The second-order valence-corrected chi connectivity index (χ2v) is 13.2. The molecule has 25 heavy (non-hydrogen) atoms. The minimum absolute atomic E-state index is 0.987. The fourth-order valence-electron chi connectivity index (χ4n) is 2.45. The molecular formula is C23H25PSi. The van der Waals surface area contributed by atoms with Crippen molar-refractivity contribution < 1.29 is 0 Å². The van der Waals surface area contributed by atoms with E-state index in [9.17, 15) is 0 Å². The number of hydrogen-bond acceptors (Lipinski definition) is 0. The van der Waals surface area contributed by atoms with E-state index in [0.717, 1.165) is 19.1 Å². The summed E-state index contributed by atoms with van der Waals surface area (Å²) in [5.41, 5.74) is 8.43. The highest BCUT2D eigenvalue weighted by molar-refractivity contribution is 7.50. The Bertz CT molecular complexity index is 885. The van der Waals surface area contributed by atoms with E-state index in [1.54, 1.807) is 0 Å². The van der Waals surface area contributed by atoms with Gasteiger partial charge < -0.3 is 0 Å². The van der Waals surface area contributed by atoms with Crippen LogP contribution in [-0.4, -0.2) is 13.4 Å². The molecule has 0 aliphatic carbocycles. The van der Waals surface area contributed by atoms with Crippen molar-refractivity contribution in [3.63, 3.8) is 0 Å². The first-order valence-electron chi connectivity index (χ1n) is 8.51. The van der Waals surface area contributed by atoms with Crippen LogP contribution in [0.25, 0.3) is 0 Å². The van der Waals surface area contributed by atoms with Gasteiger partial charge in [0.2, 0.25) is 0 Å². The lowest BCUT2D eigenvalue weighted by Gasteiger charge is -2.07. The molecule has 0 heterocycles. The average Bonchev–Trinajstić information content (AvgIpc) is 2.52. The second-order valence-electron chi connectivity index (χ2n) is 7.32. The van der Waals surface area contributed by atoms with Crippen LogP contribution in [0.3, 0.4) is 0 Å². The summed E-state index contributed by atoms with van der Waals surface area (Å²) in [5.74, 6) is 9.99. The van der Waals surface area contributed by atoms with Gasteiger partial charge in [0.05, 0.1) is 0 Å². The van der Waals surface area contributed by atoms with Crippen LogP contribution < -0.4 is 5.30 Å². The number of rotatable bonds is 1. The van der Waals surface area contributed by atoms with Gasteiger partial charge in [-0.15, -0.1) is 5.54 Å². The summed E-state index contributed by atoms with van der Waals surface area (Å²) < 4.78 is 0. The third-order valence-electron chi connectivity index (χ3n) is 3.51. The zero-order chi connectivity index (χ0) is 18.4. The molecule has 0 unspecified atom stereocenters. The van der Waals surface area contributed by atoms with Gasteiger partial charge in [0.1, 0.15) is 13.4 Å². The van der Waals surface area contributed by atoms with E-state index in [0.29, 0.717) is 0 Å². The predicted octanol–water partition coefficient (Wildman–Crippen LogP) is 5.29. The maximum Gasteiger partial charge on any atom is 0.129 e. The monoisotopic (exact) mass is 360 g/mol. The third-order valence-corrected chi connectivity index (χ3v) is 5.77. The van der Waals surface area contributed by atoms with Crippen LogP contribution in [0.15, 0.2) is 42.5 Å². The molecule has 2 aromatic rings. The van der Waals surface area contributed by atoms with E-state index in [4.69, 9.17) is 0 Å². The highest BCUT2D eigenvalue weighted by Gasteiger charge is 2.08. The molecule has 0 aromatic heterocycles. The quantitative estimate of drug-likeness (QED) is 0.368. The molecule has 126 valence electrons. The fraction of sp³-hybridized carbons (Fsp3) is 0.261. The van der Waals surface area contributed by atoms with Gasteiger partial charge in [-0.25, -0.2) is 0 Å². The summed E-state index contributed by atoms with van der Waals surface area (Å²) in [6, 6.07) is 14.6. The smallest absolute Gasteiger partial charge is 0.126 e. The van der Waals surface area contributed by atoms with Crippen LogP contribution in [0.2, 0.25) is 19.6 Å². The summed E-state index contributed by atoms with van der Waals surface area (Å²) in [6.07, 6.45) is 0. The standard InChI is InChI=1S/C23H25PSi/c1-18-16-19(2)23(20(3)17-18)24-22(14-15-25(4,5)6)13-12-21-10-8-7-9-11-21/h7-11,16-17H,1-6H3. The number of hydrogen-bond donors (Lipinski definition) is 0. The van der Waals surface area contributed by atoms with Gasteiger partial charge in [-0.05, 0) is 58.2 Å². The van der Waals surface area contributed by atoms with E-state index in [1.807, 2.05) is 30.3 Å². The van der Waals surface area contributed by atoms with Gasteiger partial charge in [-0.1, -0.05) is 67.4 Å². The Morgan fingerprint density at radius 1 is 0.880 bits per heavy atom. The molecule has 0 aliphatic heterocycles. The number of benzene rings is 2. The molecule has 0 atom stereocenters. The zero-order valence-corrected chi connectivity index (χ0v) is 17.9. The maximum atomic E-state index is 3.47. The van der Waals surface area contributed by atoms with Crippen molar-refractivity contribution in [3.8, 4) is 23.3 Å². The molecule has 2 aromatic carbocycles. The molecule has 0 N–H and O–H groups in total. The Kier molecular flexibility index (Phi) is 6.44. The molecule has 0 saturated carbocycles. The van der Waals surface area contributed by atoms with Gasteiger partial charge in [0, 0.05) is 10.9 Å². The van der Waals surface area contributed by atoms with Crippen LogP contribution in [-0.2, 0) is 0 Å². The van der Waals surface area contributed by atoms with E-state index < -0.39 is 8.07 Å². The lowest BCUT2D eigenvalue weighted by molar-refractivity contribution is 1.36. The number of aryl methyl sites for hydroxylation is 3. The average molecular weight is 361 g/mol. The van der Waals surface area contributed by atoms with Crippen LogP contribution in [0.5, 0.6) is 0 Å². The largest absolute Gasteiger partial charge is 0.129 e. The van der Waals surface area contributed by atoms with Gasteiger partial charge in [0.25, 0.3) is 0 Å². The molecular weight excluding hydrogens is 335 g/mol. The lowest BCUT2D eigenvalue weighted by atomic mass is 10.1. The Labute approximate surface area is 155 Å². The Hall–Kier alpha value is -2.05. The first kappa shape index (κ1) is 19.3. The summed E-state index contributed by atoms with van der Waals surface area (Å²) in [6.45, 7) is 13.3. The Balaban J connectivity index is 2.52. The van der Waals surface area contributed by atoms with Gasteiger partial charge in [-0.2, -0.15) is 0 Å². The minimum atomic E-state index is -1.44. The van der Waals surface area contributed by atoms with Crippen molar-refractivity contribution >= 4 is 26.9 Å². The summed E-state index contributed by atoms with van der Waals surface area (Å²) >= 11 is 0. The normalized spacial score (nSPS) is 11.2. The van der Waals surface area contributed by atoms with Crippen molar-refractivity contribution in [1.82, 2.24) is 0 Å². The predicted molar refractivity (Wildman–Crippen MR) is 117 cm³/mol. The summed E-state index contributed by atoms with van der Waals surface area (Å²) in [5, 5.41) is 2.31. The molecule has 0 fully saturated rings. The summed E-state index contributed by atoms with van der Waals surface area (Å²) in [7, 11) is -0.325. The van der Waals surface area contributed by atoms with Crippen LogP contribution in [0.4, 0.5) is 0 Å². The van der Waals surface area contributed by atoms with Crippen LogP contribution >= 0.6 is 8.20 Å². The van der Waals surface area contributed by atoms with Crippen LogP contribution in [0.1, 0.15) is 22.3 Å². The first-order chi connectivity index (χ1) is 11.7. The lowest BCUT2D eigenvalue weighted by Crippen LogP contribution is -2.17. The SMILES string of the molecule is Cc1cc(C)c(P=C(C#Cc2ccccc2)C#C[Si](C)(C)C)c(C)c1. The zero-order valence-electron chi connectivity index (χ0n) is 16.0. The van der Waals surface area contributed by atoms with Crippen molar-refractivity contribution in [3.05, 3.63) is 64.7 Å². The van der Waals surface area contributed by atoms with Crippen molar-refractivity contribution in [1.29, 1.82) is 0 Å². The van der Waals surface area contributed by atoms with Gasteiger partial charge in [0.15, 0.2) is 0 Å². The molecule has 0 saturated heterocycles. The third kappa shape index (κ3) is 6.40. The van der Waals surface area contributed by atoms with E-state index in [-0.39, 0.29) is 0 Å². The highest BCUT2D eigenvalue weighted by Crippen LogP contribution is 2.13. The molecule has 0 spiro atoms. The van der Waals surface area contributed by atoms with Crippen LogP contribution in [0, 0.1) is 44.1 Å². The van der Waals surface area contributed by atoms with Crippen molar-refractivity contribution in [2.75, 3.05) is 0 Å². The van der Waals surface area contributed by atoms with E-state index >= 15 is 0 Å². The minimum Gasteiger partial charge on any atom is -0.126 e. The van der Waals surface area contributed by atoms with Crippen molar-refractivity contribution in [2.45, 2.75) is 40.4 Å². The molecule has 0 nitrogen and oxygen atoms in total. The Morgan fingerprint density at radius 3 is 2.04 bits per heavy atom. The molecule has 0 radical (unpaired) electrons. The first-order valence-corrected chi connectivity index (χ1v) is 12.9. The second kappa shape index (κ2) is 8.36. The molecule has 2 rings (SSSR count). The molecule has 0 amide bonds. The van der Waals surface area contributed by atoms with Gasteiger partial charge in [-0.3, -0.25) is 0 Å². The highest BCUT2D eigenvalue weighted by atomic mass is 31.1. The van der Waals surface area contributed by atoms with E-state index in [1.165, 1.54) is 22.0 Å². The topological polar surface area (TPSA) is 0 Å². The maximum absolute atomic E-state index is 3.47. The molecule has 0 aliphatic rings. The summed E-state index contributed by atoms with van der Waals surface area (Å²) in [4.78, 5) is 0.